The number of hydrogen-bond donors (Lipinski definition) is 3. The molecule has 0 saturated heterocycles. The smallest absolute Gasteiger partial charge is 0.407 e. The van der Waals surface area contributed by atoms with Crippen molar-refractivity contribution in [2.24, 2.45) is 0 Å². The Bertz CT molecular complexity index is 487. The number of ether oxygens (including phenoxy) is 1. The molecule has 0 fully saturated rings. The largest absolute Gasteiger partial charge is 0.444 e. The topological polar surface area (TPSA) is 105 Å². The zero-order valence-electron chi connectivity index (χ0n) is 12.1. The van der Waals surface area contributed by atoms with E-state index in [4.69, 9.17) is 4.74 Å². The van der Waals surface area contributed by atoms with Gasteiger partial charge in [0.1, 0.15) is 5.60 Å². The van der Waals surface area contributed by atoms with Gasteiger partial charge in [0.2, 0.25) is 5.95 Å². The van der Waals surface area contributed by atoms with Crippen LogP contribution in [0.4, 0.5) is 15.5 Å². The van der Waals surface area contributed by atoms with E-state index in [-0.39, 0.29) is 19.0 Å². The third kappa shape index (κ3) is 8.08. The molecule has 0 atom stereocenters. The number of carbonyl (C=O) groups excluding carboxylic acids is 2. The Morgan fingerprint density at radius 2 is 1.76 bits per heavy atom. The zero-order valence-corrected chi connectivity index (χ0v) is 13.7. The standard InChI is InChI=1S/C12H18BrN5O3/c1-12(2,3)21-11(20)15-5-4-14-10(19)18-9-16-6-8(13)7-17-9/h6-7H,4-5H2,1-3H3,(H,15,20)(H2,14,16,17,18,19). The van der Waals surface area contributed by atoms with E-state index >= 15 is 0 Å². The van der Waals surface area contributed by atoms with Crippen LogP contribution in [0.25, 0.3) is 0 Å². The number of nitrogens with zero attached hydrogens (tertiary/aromatic N) is 2. The molecule has 0 aromatic carbocycles. The SMILES string of the molecule is CC(C)(C)OC(=O)NCCNC(=O)Nc1ncc(Br)cn1. The number of urea groups is 1. The van der Waals surface area contributed by atoms with Gasteiger partial charge in [-0.25, -0.2) is 19.6 Å². The van der Waals surface area contributed by atoms with Crippen molar-refractivity contribution in [1.29, 1.82) is 0 Å². The predicted molar refractivity (Wildman–Crippen MR) is 81.0 cm³/mol. The highest BCUT2D eigenvalue weighted by molar-refractivity contribution is 9.10. The Kier molecular flexibility index (Phi) is 6.35. The first-order valence-corrected chi connectivity index (χ1v) is 7.05. The molecule has 3 N–H and O–H groups in total. The van der Waals surface area contributed by atoms with Crippen molar-refractivity contribution >= 4 is 34.0 Å². The van der Waals surface area contributed by atoms with Crippen molar-refractivity contribution < 1.29 is 14.3 Å². The minimum atomic E-state index is -0.548. The van der Waals surface area contributed by atoms with Crippen molar-refractivity contribution in [2.45, 2.75) is 26.4 Å². The van der Waals surface area contributed by atoms with Crippen LogP contribution in [0.1, 0.15) is 20.8 Å². The van der Waals surface area contributed by atoms with Crippen molar-refractivity contribution in [1.82, 2.24) is 20.6 Å². The highest BCUT2D eigenvalue weighted by atomic mass is 79.9. The van der Waals surface area contributed by atoms with Crippen LogP contribution in [-0.4, -0.2) is 40.8 Å². The van der Waals surface area contributed by atoms with Crippen molar-refractivity contribution in [3.63, 3.8) is 0 Å². The van der Waals surface area contributed by atoms with Crippen LogP contribution >= 0.6 is 15.9 Å². The van der Waals surface area contributed by atoms with Crippen molar-refractivity contribution in [3.8, 4) is 0 Å². The molecule has 3 amide bonds. The van der Waals surface area contributed by atoms with Crippen molar-refractivity contribution in [3.05, 3.63) is 16.9 Å². The maximum atomic E-state index is 11.5. The molecule has 9 heteroatoms. The first-order chi connectivity index (χ1) is 9.76. The molecule has 0 aliphatic carbocycles. The number of anilines is 1. The molecule has 0 bridgehead atoms. The summed E-state index contributed by atoms with van der Waals surface area (Å²) in [5.74, 6) is 0.191. The van der Waals surface area contributed by atoms with E-state index in [0.717, 1.165) is 4.47 Å². The quantitative estimate of drug-likeness (QED) is 0.711. The highest BCUT2D eigenvalue weighted by Crippen LogP contribution is 2.07. The monoisotopic (exact) mass is 359 g/mol. The van der Waals surface area contributed by atoms with E-state index in [1.54, 1.807) is 20.8 Å². The van der Waals surface area contributed by atoms with E-state index in [1.807, 2.05) is 0 Å². The van der Waals surface area contributed by atoms with Gasteiger partial charge in [0.15, 0.2) is 0 Å². The maximum Gasteiger partial charge on any atom is 0.407 e. The van der Waals surface area contributed by atoms with Gasteiger partial charge in [-0.15, -0.1) is 0 Å². The number of hydrogen-bond acceptors (Lipinski definition) is 5. The molecule has 0 spiro atoms. The molecule has 0 unspecified atom stereocenters. The van der Waals surface area contributed by atoms with Crippen LogP contribution in [-0.2, 0) is 4.74 Å². The normalized spacial score (nSPS) is 10.7. The lowest BCUT2D eigenvalue weighted by Gasteiger charge is -2.19. The molecule has 0 radical (unpaired) electrons. The predicted octanol–water partition coefficient (Wildman–Crippen LogP) is 1.89. The van der Waals surface area contributed by atoms with E-state index in [2.05, 4.69) is 41.8 Å². The van der Waals surface area contributed by atoms with Crippen LogP contribution < -0.4 is 16.0 Å². The fourth-order valence-corrected chi connectivity index (χ4v) is 1.38. The Balaban J connectivity index is 2.19. The average Bonchev–Trinajstić information content (AvgIpc) is 2.35. The maximum absolute atomic E-state index is 11.5. The second-order valence-electron chi connectivity index (χ2n) is 5.03. The molecule has 1 rings (SSSR count). The van der Waals surface area contributed by atoms with Gasteiger partial charge in [-0.3, -0.25) is 5.32 Å². The molecule has 1 aromatic rings. The second-order valence-corrected chi connectivity index (χ2v) is 5.95. The summed E-state index contributed by atoms with van der Waals surface area (Å²) < 4.78 is 5.77. The Hall–Kier alpha value is -1.90. The number of carbonyl (C=O) groups is 2. The number of amides is 3. The molecular formula is C12H18BrN5O3. The molecule has 8 nitrogen and oxygen atoms in total. The summed E-state index contributed by atoms with van der Waals surface area (Å²) in [6, 6.07) is -0.455. The fraction of sp³-hybridized carbons (Fsp3) is 0.500. The van der Waals surface area contributed by atoms with Crippen LogP contribution in [0.3, 0.4) is 0 Å². The summed E-state index contributed by atoms with van der Waals surface area (Å²) in [5, 5.41) is 7.54. The first-order valence-electron chi connectivity index (χ1n) is 6.25. The van der Waals surface area contributed by atoms with E-state index < -0.39 is 17.7 Å². The average molecular weight is 360 g/mol. The molecule has 0 aliphatic rings. The van der Waals surface area contributed by atoms with Gasteiger partial charge in [0, 0.05) is 25.5 Å². The van der Waals surface area contributed by atoms with Crippen LogP contribution in [0.15, 0.2) is 16.9 Å². The Morgan fingerprint density at radius 3 is 2.33 bits per heavy atom. The van der Waals surface area contributed by atoms with Gasteiger partial charge in [-0.1, -0.05) is 0 Å². The molecular weight excluding hydrogens is 342 g/mol. The van der Waals surface area contributed by atoms with Gasteiger partial charge in [-0.2, -0.15) is 0 Å². The Labute approximate surface area is 131 Å². The lowest BCUT2D eigenvalue weighted by molar-refractivity contribution is 0.0528. The van der Waals surface area contributed by atoms with Crippen LogP contribution in [0, 0.1) is 0 Å². The fourth-order valence-electron chi connectivity index (χ4n) is 1.18. The molecule has 21 heavy (non-hydrogen) atoms. The lowest BCUT2D eigenvalue weighted by atomic mass is 10.2. The van der Waals surface area contributed by atoms with Gasteiger partial charge >= 0.3 is 12.1 Å². The van der Waals surface area contributed by atoms with E-state index in [1.165, 1.54) is 12.4 Å². The van der Waals surface area contributed by atoms with E-state index in [9.17, 15) is 9.59 Å². The first kappa shape index (κ1) is 17.2. The summed E-state index contributed by atoms with van der Waals surface area (Å²) in [5.41, 5.74) is -0.548. The summed E-state index contributed by atoms with van der Waals surface area (Å²) in [6.07, 6.45) is 2.51. The second kappa shape index (κ2) is 7.77. The molecule has 116 valence electrons. The number of rotatable bonds is 4. The minimum absolute atomic E-state index is 0.191. The minimum Gasteiger partial charge on any atom is -0.444 e. The van der Waals surface area contributed by atoms with Crippen LogP contribution in [0.2, 0.25) is 0 Å². The molecule has 0 aliphatic heterocycles. The lowest BCUT2D eigenvalue weighted by Crippen LogP contribution is -2.39. The van der Waals surface area contributed by atoms with Gasteiger partial charge < -0.3 is 15.4 Å². The Morgan fingerprint density at radius 1 is 1.19 bits per heavy atom. The number of nitrogens with one attached hydrogen (secondary N) is 3. The molecule has 0 saturated carbocycles. The van der Waals surface area contributed by atoms with Gasteiger partial charge in [0.25, 0.3) is 0 Å². The molecule has 1 aromatic heterocycles. The zero-order chi connectivity index (χ0) is 15.9. The summed E-state index contributed by atoms with van der Waals surface area (Å²) in [4.78, 5) is 30.6. The third-order valence-corrected chi connectivity index (χ3v) is 2.33. The summed E-state index contributed by atoms with van der Waals surface area (Å²) in [7, 11) is 0. The highest BCUT2D eigenvalue weighted by Gasteiger charge is 2.15. The van der Waals surface area contributed by atoms with E-state index in [0.29, 0.717) is 0 Å². The summed E-state index contributed by atoms with van der Waals surface area (Å²) in [6.45, 7) is 5.83. The number of halogens is 1. The van der Waals surface area contributed by atoms with Gasteiger partial charge in [0.05, 0.1) is 4.47 Å². The number of aromatic nitrogens is 2. The van der Waals surface area contributed by atoms with Crippen LogP contribution in [0.5, 0.6) is 0 Å². The van der Waals surface area contributed by atoms with Gasteiger partial charge in [-0.05, 0) is 36.7 Å². The summed E-state index contributed by atoms with van der Waals surface area (Å²) >= 11 is 3.19. The van der Waals surface area contributed by atoms with Crippen molar-refractivity contribution in [2.75, 3.05) is 18.4 Å². The number of alkyl carbamates (subject to hydrolysis) is 1. The third-order valence-electron chi connectivity index (χ3n) is 1.92. The molecule has 1 heterocycles.